The first-order valence-electron chi connectivity index (χ1n) is 10.7. The Morgan fingerprint density at radius 2 is 1.71 bits per heavy atom. The lowest BCUT2D eigenvalue weighted by molar-refractivity contribution is 0.106. The lowest BCUT2D eigenvalue weighted by Gasteiger charge is -2.43. The van der Waals surface area contributed by atoms with Crippen molar-refractivity contribution in [3.63, 3.8) is 0 Å². The first kappa shape index (κ1) is 20.1. The summed E-state index contributed by atoms with van der Waals surface area (Å²) >= 11 is 0. The Morgan fingerprint density at radius 3 is 2.43 bits per heavy atom. The molecule has 4 heterocycles. The van der Waals surface area contributed by atoms with Gasteiger partial charge in [-0.1, -0.05) is 6.42 Å². The molecule has 0 saturated carbocycles. The van der Waals surface area contributed by atoms with Crippen LogP contribution in [0, 0.1) is 0 Å². The molecule has 3 saturated heterocycles. The normalized spacial score (nSPS) is 26.5. The summed E-state index contributed by atoms with van der Waals surface area (Å²) in [6.07, 6.45) is 7.26. The van der Waals surface area contributed by atoms with Crippen LogP contribution in [0.2, 0.25) is 0 Å². The van der Waals surface area contributed by atoms with Crippen LogP contribution in [0.15, 0.2) is 23.2 Å². The van der Waals surface area contributed by atoms with Crippen LogP contribution in [0.3, 0.4) is 0 Å². The Morgan fingerprint density at radius 1 is 0.964 bits per heavy atom. The molecule has 0 aliphatic carbocycles. The molecule has 3 aliphatic heterocycles. The van der Waals surface area contributed by atoms with Crippen molar-refractivity contribution in [3.8, 4) is 0 Å². The Balaban J connectivity index is 1.47. The lowest BCUT2D eigenvalue weighted by atomic mass is 10.0. The van der Waals surface area contributed by atoms with Gasteiger partial charge < -0.3 is 9.80 Å². The zero-order valence-corrected chi connectivity index (χ0v) is 17.8. The van der Waals surface area contributed by atoms with Gasteiger partial charge in [0.25, 0.3) is 0 Å². The molecule has 1 unspecified atom stereocenters. The fraction of sp³-hybridized carbons (Fsp3) is 0.750. The third-order valence-corrected chi connectivity index (χ3v) is 8.33. The maximum absolute atomic E-state index is 13.2. The van der Waals surface area contributed by atoms with Gasteiger partial charge in [-0.2, -0.15) is 4.31 Å². The molecule has 0 spiro atoms. The van der Waals surface area contributed by atoms with Crippen molar-refractivity contribution < 1.29 is 8.42 Å². The number of piperazine rings is 1. The number of nitrogens with zero attached hydrogens (tertiary/aromatic N) is 5. The van der Waals surface area contributed by atoms with E-state index >= 15 is 0 Å². The van der Waals surface area contributed by atoms with Crippen molar-refractivity contribution in [2.24, 2.45) is 0 Å². The number of pyridine rings is 1. The fourth-order valence-electron chi connectivity index (χ4n) is 4.80. The number of hydrogen-bond acceptors (Lipinski definition) is 6. The maximum atomic E-state index is 13.2. The summed E-state index contributed by atoms with van der Waals surface area (Å²) < 4.78 is 28.1. The lowest BCUT2D eigenvalue weighted by Crippen LogP contribution is -2.55. The van der Waals surface area contributed by atoms with Crippen LogP contribution in [0.1, 0.15) is 32.1 Å². The van der Waals surface area contributed by atoms with Crippen LogP contribution in [0.4, 0.5) is 5.82 Å². The number of rotatable bonds is 4. The van der Waals surface area contributed by atoms with Gasteiger partial charge in [-0.15, -0.1) is 0 Å². The molecule has 0 aromatic carbocycles. The molecule has 0 amide bonds. The number of hydrogen-bond donors (Lipinski definition) is 0. The van der Waals surface area contributed by atoms with Crippen LogP contribution in [-0.4, -0.2) is 93.0 Å². The molecule has 4 rings (SSSR count). The summed E-state index contributed by atoms with van der Waals surface area (Å²) in [5.74, 6) is 0.633. The highest BCUT2D eigenvalue weighted by Gasteiger charge is 2.32. The van der Waals surface area contributed by atoms with Crippen molar-refractivity contribution in [2.75, 3.05) is 64.3 Å². The van der Waals surface area contributed by atoms with Crippen LogP contribution in [0.5, 0.6) is 0 Å². The van der Waals surface area contributed by atoms with E-state index in [2.05, 4.69) is 26.7 Å². The smallest absolute Gasteiger partial charge is 0.246 e. The second-order valence-electron chi connectivity index (χ2n) is 8.37. The highest BCUT2D eigenvalue weighted by Crippen LogP contribution is 2.29. The zero-order chi connectivity index (χ0) is 19.6. The third kappa shape index (κ3) is 4.20. The molecule has 7 nitrogen and oxygen atoms in total. The summed E-state index contributed by atoms with van der Waals surface area (Å²) in [7, 11) is -1.27. The van der Waals surface area contributed by atoms with E-state index in [0.29, 0.717) is 29.8 Å². The van der Waals surface area contributed by atoms with E-state index in [1.54, 1.807) is 22.6 Å². The third-order valence-electron chi connectivity index (χ3n) is 6.41. The number of likely N-dealkylation sites (N-methyl/N-ethyl adjacent to an activating group) is 1. The Hall–Kier alpha value is -1.22. The molecule has 28 heavy (non-hydrogen) atoms. The van der Waals surface area contributed by atoms with Gasteiger partial charge in [-0.3, -0.25) is 4.90 Å². The van der Waals surface area contributed by atoms with E-state index in [4.69, 9.17) is 0 Å². The summed E-state index contributed by atoms with van der Waals surface area (Å²) in [6, 6.07) is 4.10. The van der Waals surface area contributed by atoms with Gasteiger partial charge in [0.1, 0.15) is 10.7 Å². The molecule has 8 heteroatoms. The number of piperidine rings is 2. The maximum Gasteiger partial charge on any atom is 0.246 e. The van der Waals surface area contributed by atoms with Crippen molar-refractivity contribution in [1.29, 1.82) is 0 Å². The Labute approximate surface area is 169 Å². The first-order valence-corrected chi connectivity index (χ1v) is 12.1. The minimum Gasteiger partial charge on any atom is -0.353 e. The van der Waals surface area contributed by atoms with E-state index in [0.717, 1.165) is 52.0 Å². The minimum absolute atomic E-state index is 0.378. The van der Waals surface area contributed by atoms with Crippen LogP contribution < -0.4 is 4.90 Å². The van der Waals surface area contributed by atoms with E-state index in [1.807, 2.05) is 0 Å². The number of anilines is 1. The average Bonchev–Trinajstić information content (AvgIpc) is 2.74. The van der Waals surface area contributed by atoms with Crippen molar-refractivity contribution in [3.05, 3.63) is 18.3 Å². The second kappa shape index (κ2) is 8.65. The van der Waals surface area contributed by atoms with Gasteiger partial charge in [0.15, 0.2) is 0 Å². The van der Waals surface area contributed by atoms with Crippen LogP contribution in [-0.2, 0) is 10.0 Å². The SMILES string of the molecule is CN1CCCC(N2CCN(c3ncccc3S(=O)(=O)N3CCCCC3)CC2)C1. The molecular formula is C20H33N5O2S. The van der Waals surface area contributed by atoms with Crippen LogP contribution in [0.25, 0.3) is 0 Å². The van der Waals surface area contributed by atoms with E-state index in [-0.39, 0.29) is 0 Å². The first-order chi connectivity index (χ1) is 13.6. The second-order valence-corrected chi connectivity index (χ2v) is 10.3. The van der Waals surface area contributed by atoms with Gasteiger partial charge in [-0.05, 0) is 51.4 Å². The molecule has 0 radical (unpaired) electrons. The molecule has 3 fully saturated rings. The van der Waals surface area contributed by atoms with E-state index in [1.165, 1.54) is 19.4 Å². The number of likely N-dealkylation sites (tertiary alicyclic amines) is 1. The zero-order valence-electron chi connectivity index (χ0n) is 17.0. The molecule has 1 aromatic heterocycles. The summed E-state index contributed by atoms with van der Waals surface area (Å²) in [6.45, 7) is 7.19. The molecule has 1 atom stereocenters. The standard InChI is InChI=1S/C20H33N5O2S/c1-22-10-6-7-18(17-22)23-13-15-24(16-14-23)20-19(8-5-9-21-20)28(26,27)25-11-3-2-4-12-25/h5,8-9,18H,2-4,6-7,10-17H2,1H3. The molecule has 0 N–H and O–H groups in total. The minimum atomic E-state index is -3.47. The highest BCUT2D eigenvalue weighted by molar-refractivity contribution is 7.89. The highest BCUT2D eigenvalue weighted by atomic mass is 32.2. The van der Waals surface area contributed by atoms with Gasteiger partial charge in [0, 0.05) is 58.1 Å². The average molecular weight is 408 g/mol. The van der Waals surface area contributed by atoms with Crippen molar-refractivity contribution in [1.82, 2.24) is 19.1 Å². The quantitative estimate of drug-likeness (QED) is 0.753. The Kier molecular flexibility index (Phi) is 6.20. The van der Waals surface area contributed by atoms with Gasteiger partial charge in [-0.25, -0.2) is 13.4 Å². The predicted octanol–water partition coefficient (Wildman–Crippen LogP) is 1.47. The molecule has 1 aromatic rings. The summed E-state index contributed by atoms with van der Waals surface area (Å²) in [4.78, 5) is 12.0. The molecular weight excluding hydrogens is 374 g/mol. The Bertz CT molecular complexity index is 758. The summed E-state index contributed by atoms with van der Waals surface area (Å²) in [5, 5.41) is 0. The fourth-order valence-corrected chi connectivity index (χ4v) is 6.48. The largest absolute Gasteiger partial charge is 0.353 e. The molecule has 0 bridgehead atoms. The molecule has 156 valence electrons. The van der Waals surface area contributed by atoms with Crippen molar-refractivity contribution >= 4 is 15.8 Å². The van der Waals surface area contributed by atoms with Crippen molar-refractivity contribution in [2.45, 2.75) is 43.0 Å². The monoisotopic (exact) mass is 407 g/mol. The van der Waals surface area contributed by atoms with Crippen LogP contribution >= 0.6 is 0 Å². The van der Waals surface area contributed by atoms with E-state index in [9.17, 15) is 8.42 Å². The topological polar surface area (TPSA) is 60.0 Å². The van der Waals surface area contributed by atoms with Gasteiger partial charge in [0.2, 0.25) is 10.0 Å². The molecule has 3 aliphatic rings. The summed E-state index contributed by atoms with van der Waals surface area (Å²) in [5.41, 5.74) is 0. The van der Waals surface area contributed by atoms with E-state index < -0.39 is 10.0 Å². The van der Waals surface area contributed by atoms with Gasteiger partial charge in [0.05, 0.1) is 0 Å². The van der Waals surface area contributed by atoms with Gasteiger partial charge >= 0.3 is 0 Å². The predicted molar refractivity (Wildman–Crippen MR) is 111 cm³/mol. The number of aromatic nitrogens is 1. The number of sulfonamides is 1.